The summed E-state index contributed by atoms with van der Waals surface area (Å²) >= 11 is 1.44. The number of hydrogen-bond acceptors (Lipinski definition) is 10. The Hall–Kier alpha value is -3.44. The fraction of sp³-hybridized carbons (Fsp3) is 0.806. The van der Waals surface area contributed by atoms with Crippen LogP contribution in [0.15, 0.2) is 0 Å². The van der Waals surface area contributed by atoms with Gasteiger partial charge in [0.25, 0.3) is 0 Å². The molecule has 0 saturated heterocycles. The van der Waals surface area contributed by atoms with Crippen molar-refractivity contribution >= 4 is 53.2 Å². The number of thioether (sulfide) groups is 1. The van der Waals surface area contributed by atoms with Gasteiger partial charge in [-0.2, -0.15) is 11.8 Å². The summed E-state index contributed by atoms with van der Waals surface area (Å²) < 4.78 is 0. The minimum atomic E-state index is -1.19. The van der Waals surface area contributed by atoms with E-state index < -0.39 is 77.6 Å². The normalized spacial score (nSPS) is 15.2. The number of carbonyl (C=O) groups is 7. The predicted molar refractivity (Wildman–Crippen MR) is 206 cm³/mol. The van der Waals surface area contributed by atoms with E-state index in [1.807, 2.05) is 27.0 Å². The zero-order valence-corrected chi connectivity index (χ0v) is 33.4. The summed E-state index contributed by atoms with van der Waals surface area (Å²) in [6.45, 7) is 9.83. The molecule has 16 nitrogen and oxygen atoms in total. The highest BCUT2D eigenvalue weighted by Gasteiger charge is 2.34. The van der Waals surface area contributed by atoms with Crippen LogP contribution in [0.3, 0.4) is 0 Å². The molecule has 11 N–H and O–H groups in total. The smallest absolute Gasteiger partial charge is 0.326 e. The number of carboxylic acid groups (broad SMARTS) is 2. The zero-order valence-electron chi connectivity index (χ0n) is 32.5. The van der Waals surface area contributed by atoms with Gasteiger partial charge in [0.1, 0.15) is 30.2 Å². The van der Waals surface area contributed by atoms with E-state index in [0.717, 1.165) is 0 Å². The second-order valence-corrected chi connectivity index (χ2v) is 15.0. The van der Waals surface area contributed by atoms with Crippen LogP contribution in [0.2, 0.25) is 0 Å². The maximum atomic E-state index is 13.9. The number of carbonyl (C=O) groups excluding carboxylic acids is 5. The van der Waals surface area contributed by atoms with Crippen LogP contribution in [-0.2, 0) is 33.6 Å². The lowest BCUT2D eigenvalue weighted by molar-refractivity contribution is -0.142. The lowest BCUT2D eigenvalue weighted by atomic mass is 9.94. The first kappa shape index (κ1) is 49.6. The minimum absolute atomic E-state index is 0.0448. The number of unbranched alkanes of at least 4 members (excludes halogenated alkanes) is 2. The molecule has 0 aliphatic carbocycles. The highest BCUT2D eigenvalue weighted by Crippen LogP contribution is 2.16. The number of nitrogens with one attached hydrogen (secondary N) is 5. The van der Waals surface area contributed by atoms with Gasteiger partial charge < -0.3 is 48.3 Å². The molecule has 0 spiro atoms. The van der Waals surface area contributed by atoms with Crippen LogP contribution in [0, 0.1) is 17.8 Å². The number of carboxylic acids is 2. The van der Waals surface area contributed by atoms with Crippen LogP contribution in [0.25, 0.3) is 0 Å². The van der Waals surface area contributed by atoms with E-state index in [-0.39, 0.29) is 50.4 Å². The molecule has 7 atom stereocenters. The zero-order chi connectivity index (χ0) is 40.5. The van der Waals surface area contributed by atoms with Crippen molar-refractivity contribution < 1.29 is 43.8 Å². The summed E-state index contributed by atoms with van der Waals surface area (Å²) in [4.78, 5) is 90.8. The van der Waals surface area contributed by atoms with Crippen LogP contribution < -0.4 is 38.1 Å². The molecule has 0 saturated carbocycles. The minimum Gasteiger partial charge on any atom is -0.481 e. The van der Waals surface area contributed by atoms with Crippen LogP contribution >= 0.6 is 11.8 Å². The van der Waals surface area contributed by atoms with Crippen LogP contribution in [-0.4, -0.2) is 107 Å². The quantitative estimate of drug-likeness (QED) is 0.0470. The van der Waals surface area contributed by atoms with Gasteiger partial charge in [0.2, 0.25) is 29.5 Å². The van der Waals surface area contributed by atoms with Crippen molar-refractivity contribution in [2.75, 3.05) is 25.1 Å². The monoisotopic (exact) mass is 773 g/mol. The summed E-state index contributed by atoms with van der Waals surface area (Å²) in [5.41, 5.74) is 11.4. The number of hydrogen-bond donors (Lipinski definition) is 9. The molecule has 0 radical (unpaired) electrons. The molecular weight excluding hydrogens is 707 g/mol. The summed E-state index contributed by atoms with van der Waals surface area (Å²) in [5.74, 6) is -5.67. The summed E-state index contributed by atoms with van der Waals surface area (Å²) in [7, 11) is 0. The Balaban J connectivity index is 6.28. The van der Waals surface area contributed by atoms with Crippen molar-refractivity contribution in [1.82, 2.24) is 26.6 Å². The van der Waals surface area contributed by atoms with Gasteiger partial charge >= 0.3 is 11.9 Å². The van der Waals surface area contributed by atoms with Gasteiger partial charge in [0.05, 0.1) is 0 Å². The van der Waals surface area contributed by atoms with Gasteiger partial charge in [-0.1, -0.05) is 41.0 Å². The Bertz CT molecular complexity index is 1160. The van der Waals surface area contributed by atoms with E-state index in [4.69, 9.17) is 16.6 Å². The summed E-state index contributed by atoms with van der Waals surface area (Å²) in [6, 6.07) is -5.43. The van der Waals surface area contributed by atoms with Gasteiger partial charge in [-0.05, 0) is 101 Å². The SMILES string of the molecule is CCC(CCC(=O)O)C(=O)NC(C(=O)NC(CCCCN)C(=O)NC(CCCCN)C(=O)NC(CC(C)C)C(=O)NC(CCSC)C(=O)O)C(C)CC. The number of nitrogens with two attached hydrogens (primary N) is 2. The Morgan fingerprint density at radius 1 is 0.604 bits per heavy atom. The van der Waals surface area contributed by atoms with Crippen molar-refractivity contribution in [2.45, 2.75) is 142 Å². The summed E-state index contributed by atoms with van der Waals surface area (Å²) in [5, 5.41) is 32.3. The molecule has 0 bridgehead atoms. The van der Waals surface area contributed by atoms with Gasteiger partial charge in [0.15, 0.2) is 0 Å². The molecule has 0 heterocycles. The topological polar surface area (TPSA) is 272 Å². The largest absolute Gasteiger partial charge is 0.481 e. The first-order valence-corrected chi connectivity index (χ1v) is 20.3. The molecule has 0 aromatic carbocycles. The summed E-state index contributed by atoms with van der Waals surface area (Å²) in [6.07, 6.45) is 5.50. The second-order valence-electron chi connectivity index (χ2n) is 14.0. The standard InChI is InChI=1S/C36H67N7O9S/c1-7-23(5)30(43-31(46)24(8-2)15-16-29(44)45)35(50)40-26(14-10-12-19-38)32(47)39-25(13-9-11-18-37)33(48)42-28(21-22(3)4)34(49)41-27(36(51)52)17-20-53-6/h22-28,30H,7-21,37-38H2,1-6H3,(H,39,47)(H,40,50)(H,41,49)(H,42,48)(H,43,46)(H,44,45)(H,51,52). The van der Waals surface area contributed by atoms with E-state index in [0.29, 0.717) is 57.4 Å². The van der Waals surface area contributed by atoms with Gasteiger partial charge in [-0.15, -0.1) is 0 Å². The Morgan fingerprint density at radius 3 is 1.53 bits per heavy atom. The molecule has 306 valence electrons. The fourth-order valence-corrected chi connectivity index (χ4v) is 6.06. The van der Waals surface area contributed by atoms with Crippen molar-refractivity contribution in [3.8, 4) is 0 Å². The third kappa shape index (κ3) is 20.6. The highest BCUT2D eigenvalue weighted by molar-refractivity contribution is 7.98. The second kappa shape index (κ2) is 28.1. The van der Waals surface area contributed by atoms with E-state index >= 15 is 0 Å². The van der Waals surface area contributed by atoms with E-state index in [1.54, 1.807) is 13.8 Å². The lowest BCUT2D eigenvalue weighted by Crippen LogP contribution is -2.59. The van der Waals surface area contributed by atoms with Crippen molar-refractivity contribution in [3.63, 3.8) is 0 Å². The van der Waals surface area contributed by atoms with E-state index in [2.05, 4.69) is 26.6 Å². The molecule has 7 unspecified atom stereocenters. The van der Waals surface area contributed by atoms with Gasteiger partial charge in [-0.25, -0.2) is 4.79 Å². The van der Waals surface area contributed by atoms with Crippen molar-refractivity contribution in [1.29, 1.82) is 0 Å². The molecule has 0 aromatic heterocycles. The van der Waals surface area contributed by atoms with Gasteiger partial charge in [-0.3, -0.25) is 28.8 Å². The first-order valence-electron chi connectivity index (χ1n) is 18.9. The van der Waals surface area contributed by atoms with E-state index in [9.17, 15) is 38.7 Å². The Labute approximate surface area is 319 Å². The lowest BCUT2D eigenvalue weighted by Gasteiger charge is -2.29. The van der Waals surface area contributed by atoms with Crippen molar-refractivity contribution in [2.24, 2.45) is 29.2 Å². The number of aliphatic carboxylic acids is 2. The molecule has 0 fully saturated rings. The molecule has 0 aliphatic rings. The third-order valence-electron chi connectivity index (χ3n) is 9.09. The van der Waals surface area contributed by atoms with E-state index in [1.165, 1.54) is 11.8 Å². The fourth-order valence-electron chi connectivity index (χ4n) is 5.59. The molecule has 0 aliphatic heterocycles. The molecule has 17 heteroatoms. The molecule has 53 heavy (non-hydrogen) atoms. The predicted octanol–water partition coefficient (Wildman–Crippen LogP) is 1.49. The van der Waals surface area contributed by atoms with Crippen LogP contribution in [0.1, 0.15) is 112 Å². The average molecular weight is 774 g/mol. The van der Waals surface area contributed by atoms with Crippen LogP contribution in [0.5, 0.6) is 0 Å². The molecule has 0 aromatic rings. The first-order chi connectivity index (χ1) is 25.1. The molecular formula is C36H67N7O9S. The highest BCUT2D eigenvalue weighted by atomic mass is 32.2. The molecule has 0 rings (SSSR count). The van der Waals surface area contributed by atoms with Crippen LogP contribution in [0.4, 0.5) is 0 Å². The molecule has 5 amide bonds. The number of amides is 5. The third-order valence-corrected chi connectivity index (χ3v) is 9.73. The average Bonchev–Trinajstić information content (AvgIpc) is 3.10. The van der Waals surface area contributed by atoms with Gasteiger partial charge in [0, 0.05) is 12.3 Å². The maximum Gasteiger partial charge on any atom is 0.326 e. The maximum absolute atomic E-state index is 13.9. The van der Waals surface area contributed by atoms with Crippen molar-refractivity contribution in [3.05, 3.63) is 0 Å². The Morgan fingerprint density at radius 2 is 1.09 bits per heavy atom. The number of rotatable bonds is 30. The Kier molecular flexibility index (Phi) is 26.2.